The number of aliphatic hydroxyl groups excluding tert-OH is 11. The SMILES string of the molecule is [N-]=[N+]=NCCCO[C@@H]1O[C@H](CO)[C@@H](O[C@@H]2O[C@H](CO[C@]3(C(=O)O)C[C@H](O)[C@@H](NC(=O)CO)[C@H]([C@H](O)[C@H](O)CO)O3)[C@H](O)[C@H](O)[C@H]2O)[C@H](O)[C@H]1O. The smallest absolute Gasteiger partial charge is 0.364 e. The summed E-state index contributed by atoms with van der Waals surface area (Å²) < 4.78 is 32.8. The summed E-state index contributed by atoms with van der Waals surface area (Å²) in [6.07, 6.45) is -26.8. The predicted octanol–water partition coefficient (Wildman–Crippen LogP) is -7.53. The molecule has 0 aromatic carbocycles. The zero-order valence-corrected chi connectivity index (χ0v) is 26.3. The lowest BCUT2D eigenvalue weighted by atomic mass is 9.88. The van der Waals surface area contributed by atoms with Crippen molar-refractivity contribution in [2.75, 3.05) is 39.6 Å². The van der Waals surface area contributed by atoms with E-state index in [0.717, 1.165) is 0 Å². The average Bonchev–Trinajstić information content (AvgIpc) is 3.10. The molecule has 0 unspecified atom stereocenters. The summed E-state index contributed by atoms with van der Waals surface area (Å²) in [5.74, 6) is -5.91. The first-order chi connectivity index (χ1) is 23.7. The van der Waals surface area contributed by atoms with Crippen molar-refractivity contribution in [3.05, 3.63) is 10.4 Å². The van der Waals surface area contributed by atoms with E-state index in [2.05, 4.69) is 15.3 Å². The lowest BCUT2D eigenvalue weighted by Gasteiger charge is -2.48. The Hall–Kier alpha value is -2.43. The second-order valence-electron chi connectivity index (χ2n) is 11.7. The summed E-state index contributed by atoms with van der Waals surface area (Å²) in [5.41, 5.74) is 8.35. The zero-order chi connectivity index (χ0) is 37.3. The molecule has 0 aromatic rings. The summed E-state index contributed by atoms with van der Waals surface area (Å²) in [6.45, 7) is -4.00. The van der Waals surface area contributed by atoms with E-state index in [9.17, 15) is 65.8 Å². The maximum atomic E-state index is 12.5. The van der Waals surface area contributed by atoms with Crippen molar-refractivity contribution in [3.8, 4) is 0 Å². The van der Waals surface area contributed by atoms with E-state index in [0.29, 0.717) is 0 Å². The highest BCUT2D eigenvalue weighted by Crippen LogP contribution is 2.35. The number of ether oxygens (including phenoxy) is 6. The third-order valence-corrected chi connectivity index (χ3v) is 8.30. The number of amides is 1. The van der Waals surface area contributed by atoms with Crippen LogP contribution in [0.1, 0.15) is 12.8 Å². The molecule has 3 rings (SSSR count). The fraction of sp³-hybridized carbons (Fsp3) is 0.923. The number of carboxylic acid groups (broad SMARTS) is 1. The first-order valence-electron chi connectivity index (χ1n) is 15.4. The number of hydrogen-bond donors (Lipinski definition) is 13. The number of carbonyl (C=O) groups excluding carboxylic acids is 1. The molecule has 0 aliphatic carbocycles. The van der Waals surface area contributed by atoms with Crippen molar-refractivity contribution in [1.82, 2.24) is 5.32 Å². The maximum absolute atomic E-state index is 12.5. The topological polar surface area (TPSA) is 393 Å². The van der Waals surface area contributed by atoms with E-state index in [1.54, 1.807) is 0 Å². The Labute approximate surface area is 282 Å². The molecule has 24 heteroatoms. The van der Waals surface area contributed by atoms with Crippen LogP contribution in [0.4, 0.5) is 0 Å². The van der Waals surface area contributed by atoms with Gasteiger partial charge >= 0.3 is 5.97 Å². The Balaban J connectivity index is 1.77. The van der Waals surface area contributed by atoms with Crippen LogP contribution in [-0.2, 0) is 38.0 Å². The number of azide groups is 1. The number of aliphatic carboxylic acids is 1. The van der Waals surface area contributed by atoms with Crippen LogP contribution in [0.5, 0.6) is 0 Å². The second-order valence-corrected chi connectivity index (χ2v) is 11.7. The molecule has 0 bridgehead atoms. The molecule has 24 nitrogen and oxygen atoms in total. The van der Waals surface area contributed by atoms with E-state index in [-0.39, 0.29) is 19.6 Å². The molecule has 13 N–H and O–H groups in total. The lowest BCUT2D eigenvalue weighted by molar-refractivity contribution is -0.367. The van der Waals surface area contributed by atoms with Gasteiger partial charge in [0.1, 0.15) is 73.8 Å². The molecule has 3 aliphatic heterocycles. The van der Waals surface area contributed by atoms with Crippen LogP contribution in [0, 0.1) is 0 Å². The lowest BCUT2D eigenvalue weighted by Crippen LogP contribution is -2.69. The first kappa shape index (κ1) is 42.0. The van der Waals surface area contributed by atoms with Crippen LogP contribution in [0.3, 0.4) is 0 Å². The standard InChI is InChI=1S/C26H44N4O20/c27-30-28-2-1-3-45-23-20(42)18(40)21(11(6-32)47-23)49-24-19(41)17(39)16(38)12(48-24)8-46-26(25(43)44)4-9(34)14(29-13(36)7-33)22(50-26)15(37)10(35)5-31/h9-12,14-24,31-35,37-42H,1-8H2,(H,29,36)(H,43,44)/t9-,10+,11+,12+,14+,15+,16-,17-,18+,19+,20+,21+,22+,23+,24-,26+/m0/s1. The van der Waals surface area contributed by atoms with Crippen molar-refractivity contribution in [2.24, 2.45) is 5.11 Å². The van der Waals surface area contributed by atoms with Gasteiger partial charge in [-0.1, -0.05) is 5.11 Å². The Morgan fingerprint density at radius 2 is 1.62 bits per heavy atom. The van der Waals surface area contributed by atoms with Gasteiger partial charge < -0.3 is 95.0 Å². The fourth-order valence-corrected chi connectivity index (χ4v) is 5.55. The minimum absolute atomic E-state index is 0.0615. The largest absolute Gasteiger partial charge is 0.477 e. The van der Waals surface area contributed by atoms with Gasteiger partial charge in [-0.25, -0.2) is 4.79 Å². The number of rotatable bonds is 17. The molecule has 0 saturated carbocycles. The maximum Gasteiger partial charge on any atom is 0.364 e. The summed E-state index contributed by atoms with van der Waals surface area (Å²) in [6, 6.07) is -1.64. The average molecular weight is 733 g/mol. The van der Waals surface area contributed by atoms with E-state index in [4.69, 9.17) is 39.1 Å². The summed E-state index contributed by atoms with van der Waals surface area (Å²) in [4.78, 5) is 26.9. The number of carbonyl (C=O) groups is 2. The molecule has 16 atom stereocenters. The molecule has 3 fully saturated rings. The van der Waals surface area contributed by atoms with Crippen molar-refractivity contribution >= 4 is 11.9 Å². The van der Waals surface area contributed by atoms with Gasteiger partial charge in [0.15, 0.2) is 12.6 Å². The van der Waals surface area contributed by atoms with E-state index >= 15 is 0 Å². The van der Waals surface area contributed by atoms with Gasteiger partial charge in [-0.3, -0.25) is 4.79 Å². The highest BCUT2D eigenvalue weighted by Gasteiger charge is 2.57. The fourth-order valence-electron chi connectivity index (χ4n) is 5.55. The highest BCUT2D eigenvalue weighted by atomic mass is 16.8. The monoisotopic (exact) mass is 732 g/mol. The molecular formula is C26H44N4O20. The van der Waals surface area contributed by atoms with E-state index in [1.165, 1.54) is 0 Å². The van der Waals surface area contributed by atoms with Gasteiger partial charge in [0.05, 0.1) is 32.0 Å². The minimum atomic E-state index is -2.91. The van der Waals surface area contributed by atoms with Crippen molar-refractivity contribution in [2.45, 2.75) is 110 Å². The van der Waals surface area contributed by atoms with Gasteiger partial charge in [0.25, 0.3) is 5.79 Å². The molecule has 0 aromatic heterocycles. The third-order valence-electron chi connectivity index (χ3n) is 8.30. The number of nitrogens with zero attached hydrogens (tertiary/aromatic N) is 3. The second kappa shape index (κ2) is 18.9. The van der Waals surface area contributed by atoms with Gasteiger partial charge in [-0.05, 0) is 12.0 Å². The van der Waals surface area contributed by atoms with Crippen LogP contribution >= 0.6 is 0 Å². The van der Waals surface area contributed by atoms with Crippen LogP contribution in [-0.4, -0.2) is 210 Å². The summed E-state index contributed by atoms with van der Waals surface area (Å²) in [5, 5.41) is 128. The Kier molecular flexibility index (Phi) is 15.9. The molecule has 3 saturated heterocycles. The molecular weight excluding hydrogens is 688 g/mol. The molecule has 1 amide bonds. The number of aliphatic hydroxyl groups is 11. The normalized spacial score (nSPS) is 40.3. The van der Waals surface area contributed by atoms with E-state index in [1.807, 2.05) is 0 Å². The highest BCUT2D eigenvalue weighted by molar-refractivity contribution is 5.78. The molecule has 0 spiro atoms. The predicted molar refractivity (Wildman–Crippen MR) is 154 cm³/mol. The van der Waals surface area contributed by atoms with Crippen molar-refractivity contribution in [1.29, 1.82) is 0 Å². The van der Waals surface area contributed by atoms with Crippen LogP contribution in [0.2, 0.25) is 0 Å². The van der Waals surface area contributed by atoms with Crippen LogP contribution in [0.15, 0.2) is 5.11 Å². The van der Waals surface area contributed by atoms with Crippen molar-refractivity contribution in [3.63, 3.8) is 0 Å². The molecule has 3 aliphatic rings. The van der Waals surface area contributed by atoms with Crippen molar-refractivity contribution < 1.29 is 99.3 Å². The molecule has 0 radical (unpaired) electrons. The third kappa shape index (κ3) is 9.71. The molecule has 288 valence electrons. The molecule has 3 heterocycles. The number of nitrogens with one attached hydrogen (secondary N) is 1. The summed E-state index contributed by atoms with van der Waals surface area (Å²) in [7, 11) is 0. The quantitative estimate of drug-likeness (QED) is 0.0286. The van der Waals surface area contributed by atoms with Crippen LogP contribution < -0.4 is 5.32 Å². The van der Waals surface area contributed by atoms with Gasteiger partial charge in [-0.15, -0.1) is 0 Å². The van der Waals surface area contributed by atoms with Gasteiger partial charge in [-0.2, -0.15) is 0 Å². The molecule has 50 heavy (non-hydrogen) atoms. The first-order valence-corrected chi connectivity index (χ1v) is 15.4. The Morgan fingerprint density at radius 1 is 0.960 bits per heavy atom. The zero-order valence-electron chi connectivity index (χ0n) is 26.3. The summed E-state index contributed by atoms with van der Waals surface area (Å²) >= 11 is 0. The van der Waals surface area contributed by atoms with Gasteiger partial charge in [0.2, 0.25) is 5.91 Å². The number of hydrogen-bond acceptors (Lipinski definition) is 20. The van der Waals surface area contributed by atoms with E-state index < -0.39 is 142 Å². The Morgan fingerprint density at radius 3 is 2.22 bits per heavy atom. The van der Waals surface area contributed by atoms with Gasteiger partial charge in [0, 0.05) is 24.5 Å². The van der Waals surface area contributed by atoms with Crippen LogP contribution in [0.25, 0.3) is 10.4 Å². The Bertz CT molecular complexity index is 1150. The number of carboxylic acids is 1. The minimum Gasteiger partial charge on any atom is -0.477 e.